The van der Waals surface area contributed by atoms with Gasteiger partial charge in [0.15, 0.2) is 5.78 Å². The van der Waals surface area contributed by atoms with Crippen molar-refractivity contribution in [2.75, 3.05) is 0 Å². The van der Waals surface area contributed by atoms with Crippen molar-refractivity contribution in [2.24, 2.45) is 0 Å². The summed E-state index contributed by atoms with van der Waals surface area (Å²) in [7, 11) is 0. The summed E-state index contributed by atoms with van der Waals surface area (Å²) < 4.78 is 1.07. The first-order valence-electron chi connectivity index (χ1n) is 6.83. The highest BCUT2D eigenvalue weighted by Crippen LogP contribution is 2.27. The maximum absolute atomic E-state index is 12.8. The van der Waals surface area contributed by atoms with E-state index in [0.29, 0.717) is 0 Å². The highest BCUT2D eigenvalue weighted by atomic mass is 32.1. The molecule has 2 heteroatoms. The molecule has 1 heterocycles. The normalized spacial score (nSPS) is 11.0. The number of rotatable bonds is 2. The summed E-state index contributed by atoms with van der Waals surface area (Å²) in [4.78, 5) is 12.8. The van der Waals surface area contributed by atoms with Crippen LogP contribution in [0.3, 0.4) is 0 Å². The predicted molar refractivity (Wildman–Crippen MR) is 89.2 cm³/mol. The van der Waals surface area contributed by atoms with Gasteiger partial charge < -0.3 is 0 Å². The van der Waals surface area contributed by atoms with E-state index in [1.807, 2.05) is 60.0 Å². The molecule has 0 N–H and O–H groups in total. The van der Waals surface area contributed by atoms with E-state index >= 15 is 0 Å². The Kier molecular flexibility index (Phi) is 2.83. The molecule has 0 atom stereocenters. The summed E-state index contributed by atoms with van der Waals surface area (Å²) in [6, 6.07) is 22.0. The predicted octanol–water partition coefficient (Wildman–Crippen LogP) is 5.29. The zero-order valence-electron chi connectivity index (χ0n) is 11.2. The van der Waals surface area contributed by atoms with E-state index in [1.165, 1.54) is 0 Å². The lowest BCUT2D eigenvalue weighted by Gasteiger charge is -2.05. The highest BCUT2D eigenvalue weighted by molar-refractivity contribution is 7.17. The van der Waals surface area contributed by atoms with E-state index in [9.17, 15) is 4.79 Å². The van der Waals surface area contributed by atoms with Crippen LogP contribution in [0.5, 0.6) is 0 Å². The second-order valence-corrected chi connectivity index (χ2v) is 5.95. The van der Waals surface area contributed by atoms with Crippen molar-refractivity contribution in [1.82, 2.24) is 0 Å². The zero-order chi connectivity index (χ0) is 14.2. The molecule has 4 aromatic rings. The maximum Gasteiger partial charge on any atom is 0.194 e. The number of ketones is 1. The Morgan fingerprint density at radius 3 is 2.48 bits per heavy atom. The van der Waals surface area contributed by atoms with Gasteiger partial charge in [-0.1, -0.05) is 48.5 Å². The van der Waals surface area contributed by atoms with Crippen molar-refractivity contribution in [2.45, 2.75) is 0 Å². The van der Waals surface area contributed by atoms with E-state index in [2.05, 4.69) is 12.1 Å². The van der Waals surface area contributed by atoms with Gasteiger partial charge >= 0.3 is 0 Å². The second kappa shape index (κ2) is 4.83. The van der Waals surface area contributed by atoms with Crippen LogP contribution in [0.1, 0.15) is 15.9 Å². The molecule has 0 spiro atoms. The first-order chi connectivity index (χ1) is 10.3. The van der Waals surface area contributed by atoms with E-state index in [4.69, 9.17) is 0 Å². The van der Waals surface area contributed by atoms with Crippen LogP contribution in [-0.2, 0) is 0 Å². The van der Waals surface area contributed by atoms with E-state index < -0.39 is 0 Å². The molecule has 0 saturated heterocycles. The van der Waals surface area contributed by atoms with Gasteiger partial charge in [-0.05, 0) is 39.7 Å². The number of thiophene rings is 1. The minimum atomic E-state index is 0.0915. The maximum atomic E-state index is 12.8. The Bertz CT molecular complexity index is 965. The average molecular weight is 288 g/mol. The molecule has 0 fully saturated rings. The van der Waals surface area contributed by atoms with Gasteiger partial charge in [-0.2, -0.15) is 0 Å². The minimum absolute atomic E-state index is 0.0915. The minimum Gasteiger partial charge on any atom is -0.289 e. The molecule has 0 aliphatic heterocycles. The largest absolute Gasteiger partial charge is 0.289 e. The molecule has 0 aliphatic rings. The van der Waals surface area contributed by atoms with Crippen molar-refractivity contribution in [1.29, 1.82) is 0 Å². The summed E-state index contributed by atoms with van der Waals surface area (Å²) in [6.45, 7) is 0. The molecule has 0 saturated carbocycles. The molecule has 21 heavy (non-hydrogen) atoms. The topological polar surface area (TPSA) is 17.1 Å². The SMILES string of the molecule is O=C(c1ccc2ccccc2c1)c1cccc2ccsc12. The van der Waals surface area contributed by atoms with Crippen LogP contribution in [-0.4, -0.2) is 5.78 Å². The third kappa shape index (κ3) is 2.05. The lowest BCUT2D eigenvalue weighted by atomic mass is 9.99. The van der Waals surface area contributed by atoms with Crippen LogP contribution in [0.4, 0.5) is 0 Å². The lowest BCUT2D eigenvalue weighted by Crippen LogP contribution is -2.01. The molecular weight excluding hydrogens is 276 g/mol. The number of fused-ring (bicyclic) bond motifs is 2. The van der Waals surface area contributed by atoms with E-state index in [-0.39, 0.29) is 5.78 Å². The van der Waals surface area contributed by atoms with Gasteiger partial charge in [0.25, 0.3) is 0 Å². The van der Waals surface area contributed by atoms with Crippen molar-refractivity contribution in [3.05, 3.63) is 83.2 Å². The highest BCUT2D eigenvalue weighted by Gasteiger charge is 2.13. The quantitative estimate of drug-likeness (QED) is 0.458. The fourth-order valence-electron chi connectivity index (χ4n) is 2.66. The summed E-state index contributed by atoms with van der Waals surface area (Å²) in [6.07, 6.45) is 0. The van der Waals surface area contributed by atoms with Gasteiger partial charge in [-0.25, -0.2) is 0 Å². The number of carbonyl (C=O) groups is 1. The first kappa shape index (κ1) is 12.3. The number of carbonyl (C=O) groups excluding carboxylic acids is 1. The lowest BCUT2D eigenvalue weighted by molar-refractivity contribution is 0.104. The van der Waals surface area contributed by atoms with Crippen molar-refractivity contribution >= 4 is 38.0 Å². The molecular formula is C19H12OS. The summed E-state index contributed by atoms with van der Waals surface area (Å²) in [5.41, 5.74) is 1.53. The molecule has 0 unspecified atom stereocenters. The number of hydrogen-bond donors (Lipinski definition) is 0. The summed E-state index contributed by atoms with van der Waals surface area (Å²) >= 11 is 1.62. The molecule has 0 bridgehead atoms. The molecule has 0 aliphatic carbocycles. The van der Waals surface area contributed by atoms with Gasteiger partial charge in [0.2, 0.25) is 0 Å². The molecule has 4 rings (SSSR count). The molecule has 0 amide bonds. The van der Waals surface area contributed by atoms with Crippen molar-refractivity contribution in [3.8, 4) is 0 Å². The second-order valence-electron chi connectivity index (χ2n) is 5.04. The fraction of sp³-hybridized carbons (Fsp3) is 0. The summed E-state index contributed by atoms with van der Waals surface area (Å²) in [5, 5.41) is 5.42. The van der Waals surface area contributed by atoms with Gasteiger partial charge in [0.1, 0.15) is 0 Å². The van der Waals surface area contributed by atoms with Crippen LogP contribution in [0, 0.1) is 0 Å². The Hall–Kier alpha value is -2.45. The smallest absolute Gasteiger partial charge is 0.194 e. The third-order valence-electron chi connectivity index (χ3n) is 3.74. The average Bonchev–Trinajstić information content (AvgIpc) is 3.02. The van der Waals surface area contributed by atoms with Crippen LogP contribution in [0.25, 0.3) is 20.9 Å². The van der Waals surface area contributed by atoms with Crippen molar-refractivity contribution < 1.29 is 4.79 Å². The van der Waals surface area contributed by atoms with Crippen LogP contribution in [0.2, 0.25) is 0 Å². The van der Waals surface area contributed by atoms with Gasteiger partial charge in [0.05, 0.1) is 0 Å². The molecule has 3 aromatic carbocycles. The Morgan fingerprint density at radius 1 is 0.762 bits per heavy atom. The van der Waals surface area contributed by atoms with Crippen molar-refractivity contribution in [3.63, 3.8) is 0 Å². The van der Waals surface area contributed by atoms with E-state index in [0.717, 1.165) is 32.0 Å². The van der Waals surface area contributed by atoms with Crippen LogP contribution >= 0.6 is 11.3 Å². The Morgan fingerprint density at radius 2 is 1.57 bits per heavy atom. The molecule has 1 nitrogen and oxygen atoms in total. The van der Waals surface area contributed by atoms with Gasteiger partial charge in [-0.3, -0.25) is 4.79 Å². The first-order valence-corrected chi connectivity index (χ1v) is 7.71. The monoisotopic (exact) mass is 288 g/mol. The fourth-order valence-corrected chi connectivity index (χ4v) is 3.57. The molecule has 100 valence electrons. The molecule has 0 radical (unpaired) electrons. The molecule has 1 aromatic heterocycles. The van der Waals surface area contributed by atoms with Gasteiger partial charge in [0, 0.05) is 15.8 Å². The van der Waals surface area contributed by atoms with Crippen LogP contribution in [0.15, 0.2) is 72.1 Å². The van der Waals surface area contributed by atoms with E-state index in [1.54, 1.807) is 11.3 Å². The van der Waals surface area contributed by atoms with Crippen LogP contribution < -0.4 is 0 Å². The summed E-state index contributed by atoms with van der Waals surface area (Å²) in [5.74, 6) is 0.0915. The zero-order valence-corrected chi connectivity index (χ0v) is 12.1. The third-order valence-corrected chi connectivity index (χ3v) is 4.70. The Balaban J connectivity index is 1.88. The standard InChI is InChI=1S/C19H12OS/c20-18(17-7-3-6-14-10-11-21-19(14)17)16-9-8-13-4-1-2-5-15(13)12-16/h1-12H. The number of hydrogen-bond acceptors (Lipinski definition) is 2. The van der Waals surface area contributed by atoms with Gasteiger partial charge in [-0.15, -0.1) is 11.3 Å². The number of benzene rings is 3. The Labute approximate surface area is 126 Å².